The molecule has 132 valence electrons. The summed E-state index contributed by atoms with van der Waals surface area (Å²) in [4.78, 5) is 38.1. The lowest BCUT2D eigenvalue weighted by Gasteiger charge is -2.07. The molecule has 2 aromatic rings. The minimum Gasteiger partial charge on any atom is -0.452 e. The molecule has 0 fully saturated rings. The van der Waals surface area contributed by atoms with Crippen LogP contribution < -0.4 is 10.6 Å². The molecular weight excluding hydrogens is 416 g/mol. The number of hydrogen-bond donors (Lipinski definition) is 2. The van der Waals surface area contributed by atoms with E-state index in [9.17, 15) is 19.7 Å². The maximum Gasteiger partial charge on any atom is 0.338 e. The Morgan fingerprint density at radius 1 is 1.44 bits per heavy atom. The molecule has 0 spiro atoms. The lowest BCUT2D eigenvalue weighted by atomic mass is 10.1. The summed E-state index contributed by atoms with van der Waals surface area (Å²) in [5.41, 5.74) is 0.0441. The number of carbonyl (C=O) groups is 2. The number of halogens is 1. The van der Waals surface area contributed by atoms with Gasteiger partial charge in [-0.1, -0.05) is 11.3 Å². The van der Waals surface area contributed by atoms with E-state index >= 15 is 0 Å². The van der Waals surface area contributed by atoms with Crippen LogP contribution in [0.1, 0.15) is 17.3 Å². The predicted molar refractivity (Wildman–Crippen MR) is 96.0 cm³/mol. The molecular formula is C14H13BrN4O5S. The van der Waals surface area contributed by atoms with Crippen LogP contribution in [0.15, 0.2) is 28.2 Å². The first kappa shape index (κ1) is 18.8. The minimum absolute atomic E-state index is 0.0156. The maximum atomic E-state index is 12.0. The van der Waals surface area contributed by atoms with Crippen LogP contribution in [0, 0.1) is 10.1 Å². The molecule has 1 aromatic heterocycles. The van der Waals surface area contributed by atoms with Gasteiger partial charge in [-0.25, -0.2) is 9.78 Å². The van der Waals surface area contributed by atoms with Crippen molar-refractivity contribution in [2.75, 3.05) is 23.8 Å². The summed E-state index contributed by atoms with van der Waals surface area (Å²) in [6.45, 7) is 1.77. The fourth-order valence-corrected chi connectivity index (χ4v) is 2.95. The summed E-state index contributed by atoms with van der Waals surface area (Å²) >= 11 is 4.42. The van der Waals surface area contributed by atoms with Crippen molar-refractivity contribution in [3.8, 4) is 0 Å². The van der Waals surface area contributed by atoms with Gasteiger partial charge in [-0.05, 0) is 35.0 Å². The molecule has 0 atom stereocenters. The summed E-state index contributed by atoms with van der Waals surface area (Å²) in [6, 6.07) is 3.92. The Balaban J connectivity index is 1.99. The third-order valence-corrected chi connectivity index (χ3v) is 4.25. The highest BCUT2D eigenvalue weighted by Gasteiger charge is 2.19. The predicted octanol–water partition coefficient (Wildman–Crippen LogP) is 3.04. The number of hydrogen-bond acceptors (Lipinski definition) is 8. The van der Waals surface area contributed by atoms with Gasteiger partial charge < -0.3 is 10.1 Å². The molecule has 0 aliphatic carbocycles. The highest BCUT2D eigenvalue weighted by molar-refractivity contribution is 9.11. The van der Waals surface area contributed by atoms with E-state index in [1.807, 2.05) is 0 Å². The van der Waals surface area contributed by atoms with Crippen LogP contribution in [0.4, 0.5) is 16.5 Å². The van der Waals surface area contributed by atoms with E-state index in [1.54, 1.807) is 6.92 Å². The molecule has 0 saturated heterocycles. The van der Waals surface area contributed by atoms with Gasteiger partial charge in [-0.3, -0.25) is 20.2 Å². The number of nitrogens with one attached hydrogen (secondary N) is 2. The van der Waals surface area contributed by atoms with Gasteiger partial charge >= 0.3 is 5.97 Å². The molecule has 25 heavy (non-hydrogen) atoms. The molecule has 0 aliphatic rings. The number of nitro groups is 1. The largest absolute Gasteiger partial charge is 0.452 e. The first-order valence-corrected chi connectivity index (χ1v) is 8.62. The molecule has 1 heterocycles. The molecule has 9 nitrogen and oxygen atoms in total. The second-order valence-electron chi connectivity index (χ2n) is 4.61. The average Bonchev–Trinajstić information content (AvgIpc) is 2.98. The number of aromatic nitrogens is 1. The van der Waals surface area contributed by atoms with Gasteiger partial charge in [-0.2, -0.15) is 0 Å². The van der Waals surface area contributed by atoms with Crippen LogP contribution in [-0.2, 0) is 9.53 Å². The van der Waals surface area contributed by atoms with Crippen molar-refractivity contribution in [3.63, 3.8) is 0 Å². The van der Waals surface area contributed by atoms with Gasteiger partial charge in [0.25, 0.3) is 11.6 Å². The van der Waals surface area contributed by atoms with Crippen molar-refractivity contribution >= 4 is 55.6 Å². The third kappa shape index (κ3) is 5.22. The van der Waals surface area contributed by atoms with Crippen LogP contribution >= 0.6 is 27.3 Å². The van der Waals surface area contributed by atoms with Gasteiger partial charge in [0.05, 0.1) is 20.5 Å². The monoisotopic (exact) mass is 428 g/mol. The third-order valence-electron chi connectivity index (χ3n) is 2.86. The topological polar surface area (TPSA) is 123 Å². The van der Waals surface area contributed by atoms with Crippen molar-refractivity contribution in [1.29, 1.82) is 0 Å². The summed E-state index contributed by atoms with van der Waals surface area (Å²) in [5.74, 6) is -1.39. The number of nitro benzene ring substituents is 1. The number of thiazole rings is 1. The Labute approximate surface area is 154 Å². The maximum absolute atomic E-state index is 12.0. The number of rotatable bonds is 7. The molecule has 0 saturated carbocycles. The SMILES string of the molecule is CCNc1ccc(C(=O)OCC(=O)Nc2ncc(Br)s2)cc1[N+](=O)[O-]. The van der Waals surface area contributed by atoms with E-state index in [1.165, 1.54) is 29.7 Å². The molecule has 2 N–H and O–H groups in total. The summed E-state index contributed by atoms with van der Waals surface area (Å²) in [6.07, 6.45) is 1.53. The quantitative estimate of drug-likeness (QED) is 0.394. The highest BCUT2D eigenvalue weighted by atomic mass is 79.9. The van der Waals surface area contributed by atoms with E-state index in [2.05, 4.69) is 31.5 Å². The lowest BCUT2D eigenvalue weighted by Crippen LogP contribution is -2.20. The van der Waals surface area contributed by atoms with Crippen molar-refractivity contribution in [2.24, 2.45) is 0 Å². The highest BCUT2D eigenvalue weighted by Crippen LogP contribution is 2.26. The number of esters is 1. The molecule has 2 rings (SSSR count). The fourth-order valence-electron chi connectivity index (χ4n) is 1.83. The second-order valence-corrected chi connectivity index (χ2v) is 7.02. The Morgan fingerprint density at radius 2 is 2.20 bits per heavy atom. The minimum atomic E-state index is -0.832. The Bertz CT molecular complexity index is 810. The Kier molecular flexibility index (Phi) is 6.42. The van der Waals surface area contributed by atoms with Gasteiger partial charge in [0.15, 0.2) is 11.7 Å². The molecule has 11 heteroatoms. The molecule has 1 amide bonds. The van der Waals surface area contributed by atoms with E-state index in [0.717, 1.165) is 9.85 Å². The molecule has 0 bridgehead atoms. The van der Waals surface area contributed by atoms with Gasteiger partial charge in [0.2, 0.25) is 0 Å². The van der Waals surface area contributed by atoms with Crippen LogP contribution in [0.2, 0.25) is 0 Å². The fraction of sp³-hybridized carbons (Fsp3) is 0.214. The zero-order valence-electron chi connectivity index (χ0n) is 12.9. The van der Waals surface area contributed by atoms with Crippen LogP contribution in [0.3, 0.4) is 0 Å². The van der Waals surface area contributed by atoms with Crippen molar-refractivity contribution in [1.82, 2.24) is 4.98 Å². The zero-order chi connectivity index (χ0) is 18.4. The molecule has 0 aliphatic heterocycles. The smallest absolute Gasteiger partial charge is 0.338 e. The van der Waals surface area contributed by atoms with Crippen molar-refractivity contribution in [3.05, 3.63) is 43.9 Å². The number of amides is 1. The first-order chi connectivity index (χ1) is 11.9. The number of nitrogens with zero attached hydrogens (tertiary/aromatic N) is 2. The first-order valence-electron chi connectivity index (χ1n) is 7.01. The van der Waals surface area contributed by atoms with Crippen molar-refractivity contribution < 1.29 is 19.2 Å². The number of carbonyl (C=O) groups excluding carboxylic acids is 2. The second kappa shape index (κ2) is 8.53. The van der Waals surface area contributed by atoms with E-state index < -0.39 is 23.4 Å². The average molecular weight is 429 g/mol. The van der Waals surface area contributed by atoms with E-state index in [4.69, 9.17) is 4.74 Å². The standard InChI is InChI=1S/C14H13BrN4O5S/c1-2-16-9-4-3-8(5-10(9)19(22)23)13(21)24-7-12(20)18-14-17-6-11(15)25-14/h3-6,16H,2,7H2,1H3,(H,17,18,20). The summed E-state index contributed by atoms with van der Waals surface area (Å²) in [5, 5.41) is 16.7. The molecule has 0 unspecified atom stereocenters. The number of ether oxygens (including phenoxy) is 1. The van der Waals surface area contributed by atoms with E-state index in [0.29, 0.717) is 17.4 Å². The van der Waals surface area contributed by atoms with Gasteiger partial charge in [0.1, 0.15) is 5.69 Å². The summed E-state index contributed by atoms with van der Waals surface area (Å²) in [7, 11) is 0. The lowest BCUT2D eigenvalue weighted by molar-refractivity contribution is -0.384. The van der Waals surface area contributed by atoms with Crippen molar-refractivity contribution in [2.45, 2.75) is 6.92 Å². The summed E-state index contributed by atoms with van der Waals surface area (Å²) < 4.78 is 5.62. The van der Waals surface area contributed by atoms with E-state index in [-0.39, 0.29) is 11.3 Å². The van der Waals surface area contributed by atoms with Crippen LogP contribution in [0.25, 0.3) is 0 Å². The molecule has 0 radical (unpaired) electrons. The Morgan fingerprint density at radius 3 is 2.80 bits per heavy atom. The number of benzene rings is 1. The Hall–Kier alpha value is -2.53. The van der Waals surface area contributed by atoms with Gasteiger partial charge in [0, 0.05) is 12.6 Å². The van der Waals surface area contributed by atoms with Crippen LogP contribution in [-0.4, -0.2) is 34.9 Å². The molecule has 1 aromatic carbocycles. The van der Waals surface area contributed by atoms with Gasteiger partial charge in [-0.15, -0.1) is 0 Å². The number of anilines is 2. The van der Waals surface area contributed by atoms with Crippen LogP contribution in [0.5, 0.6) is 0 Å². The normalized spacial score (nSPS) is 10.2. The zero-order valence-corrected chi connectivity index (χ0v) is 15.3.